The van der Waals surface area contributed by atoms with Gasteiger partial charge in [-0.05, 0) is 44.2 Å². The molecule has 1 saturated carbocycles. The summed E-state index contributed by atoms with van der Waals surface area (Å²) in [6.45, 7) is 0.568. The average molecular weight is 299 g/mol. The quantitative estimate of drug-likeness (QED) is 0.724. The lowest BCUT2D eigenvalue weighted by Gasteiger charge is -2.48. The Morgan fingerprint density at radius 2 is 2.00 bits per heavy atom. The van der Waals surface area contributed by atoms with E-state index >= 15 is 0 Å². The summed E-state index contributed by atoms with van der Waals surface area (Å²) in [4.78, 5) is 12.9. The highest BCUT2D eigenvalue weighted by Crippen LogP contribution is 2.41. The Morgan fingerprint density at radius 3 is 2.73 bits per heavy atom. The summed E-state index contributed by atoms with van der Waals surface area (Å²) in [7, 11) is 0. The van der Waals surface area contributed by atoms with Crippen LogP contribution in [0.5, 0.6) is 0 Å². The van der Waals surface area contributed by atoms with Crippen molar-refractivity contribution in [2.75, 3.05) is 6.54 Å². The fraction of sp³-hybridized carbons (Fsp3) is 0.500. The average Bonchev–Trinajstić information content (AvgIpc) is 2.54. The van der Waals surface area contributed by atoms with Crippen molar-refractivity contribution >= 4 is 6.09 Å². The molecule has 4 nitrogen and oxygen atoms in total. The Hall–Kier alpha value is -1.99. The second-order valence-electron chi connectivity index (χ2n) is 6.22. The fourth-order valence-electron chi connectivity index (χ4n) is 3.83. The van der Waals surface area contributed by atoms with Gasteiger partial charge in [0.1, 0.15) is 5.60 Å². The molecular formula is C18H21NO3. The van der Waals surface area contributed by atoms with Gasteiger partial charge in [0.15, 0.2) is 0 Å². The lowest BCUT2D eigenvalue weighted by Crippen LogP contribution is -2.57. The molecule has 22 heavy (non-hydrogen) atoms. The van der Waals surface area contributed by atoms with Crippen LogP contribution in [-0.4, -0.2) is 39.4 Å². The number of piperidine rings is 1. The first-order valence-corrected chi connectivity index (χ1v) is 7.90. The van der Waals surface area contributed by atoms with Crippen molar-refractivity contribution < 1.29 is 15.0 Å². The summed E-state index contributed by atoms with van der Waals surface area (Å²) in [6, 6.07) is 9.51. The Labute approximate surface area is 130 Å². The first-order valence-electron chi connectivity index (χ1n) is 7.90. The third-order valence-corrected chi connectivity index (χ3v) is 4.89. The number of amides is 1. The van der Waals surface area contributed by atoms with Gasteiger partial charge in [-0.15, -0.1) is 0 Å². The van der Waals surface area contributed by atoms with Gasteiger partial charge in [-0.3, -0.25) is 0 Å². The van der Waals surface area contributed by atoms with E-state index in [0.29, 0.717) is 13.0 Å². The van der Waals surface area contributed by atoms with Crippen LogP contribution in [0.3, 0.4) is 0 Å². The van der Waals surface area contributed by atoms with Crippen LogP contribution in [0.25, 0.3) is 0 Å². The molecule has 1 heterocycles. The fourth-order valence-corrected chi connectivity index (χ4v) is 3.83. The van der Waals surface area contributed by atoms with Gasteiger partial charge in [0.05, 0.1) is 0 Å². The van der Waals surface area contributed by atoms with Gasteiger partial charge in [-0.2, -0.15) is 0 Å². The van der Waals surface area contributed by atoms with E-state index in [2.05, 4.69) is 11.8 Å². The van der Waals surface area contributed by atoms with Crippen LogP contribution >= 0.6 is 0 Å². The number of fused-ring (bicyclic) bond motifs is 1. The number of likely N-dealkylation sites (tertiary alicyclic amines) is 1. The second kappa shape index (κ2) is 6.02. The standard InChI is InChI=1S/C18H21NO3/c20-17(21)19-13-5-8-15-16(19)9-4-11-18(15,22)12-10-14-6-2-1-3-7-14/h1-3,6-7,15-16,22H,4-5,8-9,11,13H2,(H,20,21). The highest BCUT2D eigenvalue weighted by Gasteiger charge is 2.48. The molecule has 116 valence electrons. The van der Waals surface area contributed by atoms with Crippen molar-refractivity contribution in [2.45, 2.75) is 43.7 Å². The molecule has 3 atom stereocenters. The molecule has 1 saturated heterocycles. The van der Waals surface area contributed by atoms with Gasteiger partial charge in [0.2, 0.25) is 0 Å². The summed E-state index contributed by atoms with van der Waals surface area (Å²) < 4.78 is 0. The lowest BCUT2D eigenvalue weighted by atomic mass is 9.68. The van der Waals surface area contributed by atoms with E-state index in [0.717, 1.165) is 31.2 Å². The Bertz CT molecular complexity index is 604. The highest BCUT2D eigenvalue weighted by atomic mass is 16.4. The predicted molar refractivity (Wildman–Crippen MR) is 83.4 cm³/mol. The predicted octanol–water partition coefficient (Wildman–Crippen LogP) is 2.71. The van der Waals surface area contributed by atoms with Gasteiger partial charge >= 0.3 is 6.09 Å². The maximum absolute atomic E-state index is 11.4. The van der Waals surface area contributed by atoms with E-state index in [1.54, 1.807) is 0 Å². The van der Waals surface area contributed by atoms with E-state index in [1.165, 1.54) is 4.90 Å². The zero-order chi connectivity index (χ0) is 15.6. The minimum absolute atomic E-state index is 0.0812. The number of hydrogen-bond donors (Lipinski definition) is 2. The molecule has 4 heteroatoms. The Balaban J connectivity index is 1.86. The molecule has 0 radical (unpaired) electrons. The maximum atomic E-state index is 11.4. The smallest absolute Gasteiger partial charge is 0.407 e. The van der Waals surface area contributed by atoms with Crippen molar-refractivity contribution in [1.29, 1.82) is 0 Å². The highest BCUT2D eigenvalue weighted by molar-refractivity contribution is 5.65. The van der Waals surface area contributed by atoms with Crippen LogP contribution < -0.4 is 0 Å². The molecule has 2 N–H and O–H groups in total. The number of carboxylic acid groups (broad SMARTS) is 1. The zero-order valence-electron chi connectivity index (χ0n) is 12.5. The summed E-state index contributed by atoms with van der Waals surface area (Å²) in [5, 5.41) is 20.4. The molecule has 0 bridgehead atoms. The SMILES string of the molecule is O=C(O)N1CCCC2C1CCCC2(O)C#Cc1ccccc1. The monoisotopic (exact) mass is 299 g/mol. The number of rotatable bonds is 0. The minimum Gasteiger partial charge on any atom is -0.465 e. The van der Waals surface area contributed by atoms with Gasteiger partial charge < -0.3 is 15.1 Å². The van der Waals surface area contributed by atoms with E-state index in [4.69, 9.17) is 0 Å². The summed E-state index contributed by atoms with van der Waals surface area (Å²) >= 11 is 0. The minimum atomic E-state index is -1.08. The molecule has 3 rings (SSSR count). The van der Waals surface area contributed by atoms with E-state index in [1.807, 2.05) is 30.3 Å². The molecule has 1 aliphatic carbocycles. The summed E-state index contributed by atoms with van der Waals surface area (Å²) in [5.41, 5.74) is -0.198. The Morgan fingerprint density at radius 1 is 1.23 bits per heavy atom. The molecule has 1 amide bonds. The molecular weight excluding hydrogens is 278 g/mol. The van der Waals surface area contributed by atoms with Crippen LogP contribution in [-0.2, 0) is 0 Å². The largest absolute Gasteiger partial charge is 0.465 e. The number of hydrogen-bond acceptors (Lipinski definition) is 2. The number of carbonyl (C=O) groups is 1. The lowest BCUT2D eigenvalue weighted by molar-refractivity contribution is -0.0611. The molecule has 0 aromatic heterocycles. The third-order valence-electron chi connectivity index (χ3n) is 4.89. The second-order valence-corrected chi connectivity index (χ2v) is 6.22. The van der Waals surface area contributed by atoms with Crippen molar-refractivity contribution in [3.63, 3.8) is 0 Å². The molecule has 0 spiro atoms. The molecule has 2 fully saturated rings. The van der Waals surface area contributed by atoms with Gasteiger partial charge in [0.25, 0.3) is 0 Å². The van der Waals surface area contributed by atoms with E-state index < -0.39 is 11.7 Å². The van der Waals surface area contributed by atoms with Gasteiger partial charge in [-0.25, -0.2) is 4.79 Å². The van der Waals surface area contributed by atoms with Gasteiger partial charge in [-0.1, -0.05) is 30.0 Å². The molecule has 1 aromatic carbocycles. The number of nitrogens with zero attached hydrogens (tertiary/aromatic N) is 1. The van der Waals surface area contributed by atoms with Crippen LogP contribution in [0.2, 0.25) is 0 Å². The summed E-state index contributed by atoms with van der Waals surface area (Å²) in [6.07, 6.45) is 3.02. The summed E-state index contributed by atoms with van der Waals surface area (Å²) in [5.74, 6) is 6.04. The van der Waals surface area contributed by atoms with Crippen LogP contribution in [0.15, 0.2) is 30.3 Å². The van der Waals surface area contributed by atoms with E-state index in [-0.39, 0.29) is 12.0 Å². The zero-order valence-corrected chi connectivity index (χ0v) is 12.5. The van der Waals surface area contributed by atoms with Crippen molar-refractivity contribution in [3.8, 4) is 11.8 Å². The van der Waals surface area contributed by atoms with Crippen molar-refractivity contribution in [1.82, 2.24) is 4.90 Å². The van der Waals surface area contributed by atoms with Crippen molar-refractivity contribution in [3.05, 3.63) is 35.9 Å². The topological polar surface area (TPSA) is 60.8 Å². The number of aliphatic hydroxyl groups is 1. The Kier molecular flexibility index (Phi) is 4.08. The number of benzene rings is 1. The first-order chi connectivity index (χ1) is 10.6. The maximum Gasteiger partial charge on any atom is 0.407 e. The molecule has 2 aliphatic rings. The van der Waals surface area contributed by atoms with E-state index in [9.17, 15) is 15.0 Å². The van der Waals surface area contributed by atoms with Crippen LogP contribution in [0.1, 0.15) is 37.7 Å². The normalized spacial score (nSPS) is 30.9. The molecule has 1 aliphatic heterocycles. The van der Waals surface area contributed by atoms with Gasteiger partial charge in [0, 0.05) is 24.1 Å². The van der Waals surface area contributed by atoms with Crippen molar-refractivity contribution in [2.24, 2.45) is 5.92 Å². The first kappa shape index (κ1) is 14.9. The van der Waals surface area contributed by atoms with Crippen LogP contribution in [0.4, 0.5) is 4.79 Å². The third kappa shape index (κ3) is 2.82. The molecule has 1 aromatic rings. The molecule has 3 unspecified atom stereocenters. The van der Waals surface area contributed by atoms with Crippen LogP contribution in [0, 0.1) is 17.8 Å².